The lowest BCUT2D eigenvalue weighted by Crippen LogP contribution is -2.27. The highest BCUT2D eigenvalue weighted by atomic mass is 19.1. The average Bonchev–Trinajstić information content (AvgIpc) is 3.08. The van der Waals surface area contributed by atoms with E-state index in [0.29, 0.717) is 6.54 Å². The third-order valence-corrected chi connectivity index (χ3v) is 4.41. The first-order chi connectivity index (χ1) is 11.2. The van der Waals surface area contributed by atoms with Crippen LogP contribution >= 0.6 is 0 Å². The Labute approximate surface area is 139 Å². The quantitative estimate of drug-likeness (QED) is 0.670. The molecule has 1 aliphatic rings. The molecule has 1 heterocycles. The van der Waals surface area contributed by atoms with Gasteiger partial charge in [0.2, 0.25) is 0 Å². The first kappa shape index (κ1) is 18.2. The average molecular weight is 323 g/mol. The van der Waals surface area contributed by atoms with Crippen molar-refractivity contribution in [1.82, 2.24) is 10.2 Å². The van der Waals surface area contributed by atoms with Crippen LogP contribution in [0.3, 0.4) is 0 Å². The number of hydrogen-bond acceptors (Lipinski definition) is 4. The summed E-state index contributed by atoms with van der Waals surface area (Å²) in [6, 6.07) is 5.43. The number of rotatable bonds is 10. The van der Waals surface area contributed by atoms with Crippen LogP contribution in [0.2, 0.25) is 0 Å². The summed E-state index contributed by atoms with van der Waals surface area (Å²) in [5, 5.41) is 3.39. The number of anilines is 1. The number of benzene rings is 1. The largest absolute Gasteiger partial charge is 0.383 e. The van der Waals surface area contributed by atoms with Gasteiger partial charge in [-0.25, -0.2) is 4.39 Å². The van der Waals surface area contributed by atoms with E-state index in [4.69, 9.17) is 4.74 Å². The van der Waals surface area contributed by atoms with Gasteiger partial charge in [-0.1, -0.05) is 6.07 Å². The van der Waals surface area contributed by atoms with Crippen molar-refractivity contribution >= 4 is 5.69 Å². The monoisotopic (exact) mass is 323 g/mol. The summed E-state index contributed by atoms with van der Waals surface area (Å²) in [4.78, 5) is 4.56. The van der Waals surface area contributed by atoms with Crippen LogP contribution in [0.1, 0.15) is 24.8 Å². The predicted octanol–water partition coefficient (Wildman–Crippen LogP) is 2.48. The number of methoxy groups -OCH3 is 1. The topological polar surface area (TPSA) is 27.7 Å². The molecule has 5 heteroatoms. The van der Waals surface area contributed by atoms with Gasteiger partial charge in [0.25, 0.3) is 0 Å². The fourth-order valence-corrected chi connectivity index (χ4v) is 3.02. The molecule has 1 aromatic rings. The van der Waals surface area contributed by atoms with Crippen molar-refractivity contribution in [2.24, 2.45) is 0 Å². The van der Waals surface area contributed by atoms with E-state index in [2.05, 4.69) is 22.2 Å². The Kier molecular flexibility index (Phi) is 7.79. The summed E-state index contributed by atoms with van der Waals surface area (Å²) < 4.78 is 19.3. The molecule has 4 nitrogen and oxygen atoms in total. The minimum Gasteiger partial charge on any atom is -0.383 e. The van der Waals surface area contributed by atoms with Gasteiger partial charge in [-0.05, 0) is 51.5 Å². The lowest BCUT2D eigenvalue weighted by atomic mass is 10.1. The summed E-state index contributed by atoms with van der Waals surface area (Å²) in [5.41, 5.74) is 1.87. The lowest BCUT2D eigenvalue weighted by molar-refractivity contribution is 0.160. The molecular weight excluding hydrogens is 293 g/mol. The standard InChI is InChI=1S/C18H30FN3O/c1-21(13-14-23-2)10-6-9-20-15-16-17(19)7-5-8-18(16)22-11-3-4-12-22/h5,7-8,20H,3-4,6,9-15H2,1-2H3. The van der Waals surface area contributed by atoms with E-state index in [1.165, 1.54) is 12.8 Å². The van der Waals surface area contributed by atoms with Crippen LogP contribution in [0.25, 0.3) is 0 Å². The number of nitrogens with zero attached hydrogens (tertiary/aromatic N) is 2. The van der Waals surface area contributed by atoms with Crippen LogP contribution in [0.4, 0.5) is 10.1 Å². The minimum atomic E-state index is -0.0980. The summed E-state index contributed by atoms with van der Waals surface area (Å²) in [6.45, 7) is 6.31. The van der Waals surface area contributed by atoms with E-state index in [1.807, 2.05) is 12.1 Å². The Hall–Kier alpha value is -1.17. The Morgan fingerprint density at radius 2 is 2.04 bits per heavy atom. The maximum atomic E-state index is 14.2. The van der Waals surface area contributed by atoms with Crippen LogP contribution in [0.15, 0.2) is 18.2 Å². The molecule has 0 aromatic heterocycles. The number of ether oxygens (including phenoxy) is 1. The van der Waals surface area contributed by atoms with Crippen molar-refractivity contribution in [1.29, 1.82) is 0 Å². The van der Waals surface area contributed by atoms with Crippen molar-refractivity contribution < 1.29 is 9.13 Å². The molecular formula is C18H30FN3O. The Morgan fingerprint density at radius 3 is 2.78 bits per heavy atom. The highest BCUT2D eigenvalue weighted by Crippen LogP contribution is 2.26. The maximum absolute atomic E-state index is 14.2. The number of likely N-dealkylation sites (N-methyl/N-ethyl adjacent to an activating group) is 1. The molecule has 0 atom stereocenters. The highest BCUT2D eigenvalue weighted by molar-refractivity contribution is 5.54. The maximum Gasteiger partial charge on any atom is 0.129 e. The van der Waals surface area contributed by atoms with Crippen LogP contribution in [0, 0.1) is 5.82 Å². The Balaban J connectivity index is 1.77. The van der Waals surface area contributed by atoms with E-state index in [0.717, 1.165) is 57.0 Å². The highest BCUT2D eigenvalue weighted by Gasteiger charge is 2.17. The van der Waals surface area contributed by atoms with Gasteiger partial charge >= 0.3 is 0 Å². The smallest absolute Gasteiger partial charge is 0.129 e. The molecule has 1 saturated heterocycles. The molecule has 1 fully saturated rings. The minimum absolute atomic E-state index is 0.0980. The third kappa shape index (κ3) is 5.75. The van der Waals surface area contributed by atoms with Crippen LogP contribution in [0.5, 0.6) is 0 Å². The summed E-state index contributed by atoms with van der Waals surface area (Å²) in [7, 11) is 3.82. The van der Waals surface area contributed by atoms with Crippen molar-refractivity contribution in [2.75, 3.05) is 58.4 Å². The lowest BCUT2D eigenvalue weighted by Gasteiger charge is -2.22. The fourth-order valence-electron chi connectivity index (χ4n) is 3.02. The zero-order chi connectivity index (χ0) is 16.5. The van der Waals surface area contributed by atoms with Crippen molar-refractivity contribution in [3.05, 3.63) is 29.6 Å². The van der Waals surface area contributed by atoms with E-state index in [9.17, 15) is 4.39 Å². The molecule has 0 saturated carbocycles. The summed E-state index contributed by atoms with van der Waals surface area (Å²) in [5.74, 6) is -0.0980. The molecule has 0 radical (unpaired) electrons. The molecule has 1 aromatic carbocycles. The number of hydrogen-bond donors (Lipinski definition) is 1. The molecule has 23 heavy (non-hydrogen) atoms. The van der Waals surface area contributed by atoms with E-state index in [1.54, 1.807) is 13.2 Å². The van der Waals surface area contributed by atoms with Crippen molar-refractivity contribution in [3.63, 3.8) is 0 Å². The zero-order valence-electron chi connectivity index (χ0n) is 14.5. The molecule has 0 aliphatic carbocycles. The van der Waals surface area contributed by atoms with E-state index < -0.39 is 0 Å². The third-order valence-electron chi connectivity index (χ3n) is 4.41. The van der Waals surface area contributed by atoms with Gasteiger partial charge < -0.3 is 19.9 Å². The molecule has 0 bridgehead atoms. The van der Waals surface area contributed by atoms with E-state index >= 15 is 0 Å². The van der Waals surface area contributed by atoms with E-state index in [-0.39, 0.29) is 5.82 Å². The van der Waals surface area contributed by atoms with Gasteiger partial charge in [0.1, 0.15) is 5.82 Å². The normalized spacial score (nSPS) is 14.9. The second-order valence-electron chi connectivity index (χ2n) is 6.26. The van der Waals surface area contributed by atoms with Gasteiger partial charge in [0, 0.05) is 44.5 Å². The zero-order valence-corrected chi connectivity index (χ0v) is 14.5. The molecule has 0 amide bonds. The van der Waals surface area contributed by atoms with Gasteiger partial charge in [-0.3, -0.25) is 0 Å². The SMILES string of the molecule is COCCN(C)CCCNCc1c(F)cccc1N1CCCC1. The predicted molar refractivity (Wildman–Crippen MR) is 93.5 cm³/mol. The molecule has 0 spiro atoms. The van der Waals surface area contributed by atoms with Gasteiger partial charge in [-0.2, -0.15) is 0 Å². The van der Waals surface area contributed by atoms with Gasteiger partial charge in [-0.15, -0.1) is 0 Å². The second-order valence-corrected chi connectivity index (χ2v) is 6.26. The molecule has 1 N–H and O–H groups in total. The molecule has 2 rings (SSSR count). The number of halogens is 1. The van der Waals surface area contributed by atoms with Gasteiger partial charge in [0.15, 0.2) is 0 Å². The van der Waals surface area contributed by atoms with Crippen LogP contribution in [-0.4, -0.2) is 58.4 Å². The Bertz CT molecular complexity index is 464. The fraction of sp³-hybridized carbons (Fsp3) is 0.667. The van der Waals surface area contributed by atoms with Crippen molar-refractivity contribution in [3.8, 4) is 0 Å². The first-order valence-electron chi connectivity index (χ1n) is 8.63. The summed E-state index contributed by atoms with van der Waals surface area (Å²) in [6.07, 6.45) is 3.46. The number of nitrogens with one attached hydrogen (secondary N) is 1. The van der Waals surface area contributed by atoms with Crippen molar-refractivity contribution in [2.45, 2.75) is 25.8 Å². The molecule has 1 aliphatic heterocycles. The first-order valence-corrected chi connectivity index (χ1v) is 8.63. The van der Waals surface area contributed by atoms with Gasteiger partial charge in [0.05, 0.1) is 6.61 Å². The second kappa shape index (κ2) is 9.85. The van der Waals surface area contributed by atoms with Crippen LogP contribution < -0.4 is 10.2 Å². The Morgan fingerprint density at radius 1 is 1.26 bits per heavy atom. The molecule has 0 unspecified atom stereocenters. The summed E-state index contributed by atoms with van der Waals surface area (Å²) >= 11 is 0. The van der Waals surface area contributed by atoms with Crippen LogP contribution in [-0.2, 0) is 11.3 Å². The molecule has 130 valence electrons.